The lowest BCUT2D eigenvalue weighted by atomic mass is 10.1. The van der Waals surface area contributed by atoms with E-state index in [0.717, 1.165) is 4.78 Å². The first-order chi connectivity index (χ1) is 7.20. The molecule has 1 aliphatic carbocycles. The van der Waals surface area contributed by atoms with Crippen LogP contribution in [0.4, 0.5) is 0 Å². The first-order valence-electron chi connectivity index (χ1n) is 5.97. The van der Waals surface area contributed by atoms with E-state index in [1.54, 1.807) is 0 Å². The molecule has 0 fully saturated rings. The Morgan fingerprint density at radius 2 is 1.73 bits per heavy atom. The van der Waals surface area contributed by atoms with E-state index in [1.807, 2.05) is 0 Å². The first kappa shape index (κ1) is 12.6. The van der Waals surface area contributed by atoms with Gasteiger partial charge in [-0.3, -0.25) is 0 Å². The van der Waals surface area contributed by atoms with Gasteiger partial charge in [-0.2, -0.15) is 0 Å². The van der Waals surface area contributed by atoms with Crippen LogP contribution in [0, 0.1) is 0 Å². The summed E-state index contributed by atoms with van der Waals surface area (Å²) in [5, 5.41) is 0. The number of hydrogen-bond acceptors (Lipinski definition) is 0. The van der Waals surface area contributed by atoms with E-state index in [0.29, 0.717) is 0 Å². The molecule has 0 radical (unpaired) electrons. The topological polar surface area (TPSA) is 0 Å². The maximum atomic E-state index is 2.31. The van der Waals surface area contributed by atoms with E-state index >= 15 is 0 Å². The molecular formula is C14H21Al. The molecule has 1 aliphatic rings. The van der Waals surface area contributed by atoms with Crippen molar-refractivity contribution >= 4 is 22.4 Å². The largest absolute Gasteiger partial charge is 0.230 e. The molecule has 0 N–H and O–H groups in total. The molecule has 1 heteroatoms. The second kappa shape index (κ2) is 6.16. The Morgan fingerprint density at radius 3 is 2.27 bits per heavy atom. The van der Waals surface area contributed by atoms with Gasteiger partial charge >= 0.3 is 0 Å². The van der Waals surface area contributed by atoms with Gasteiger partial charge in [0, 0.05) is 0 Å². The smallest absolute Gasteiger partial charge is 0.0793 e. The Kier molecular flexibility index (Phi) is 5.16. The molecule has 0 spiro atoms. The Morgan fingerprint density at radius 1 is 1.13 bits per heavy atom. The number of allylic oxidation sites excluding steroid dienone is 1. The van der Waals surface area contributed by atoms with Crippen LogP contribution in [0.1, 0.15) is 49.5 Å². The third kappa shape index (κ3) is 3.23. The summed E-state index contributed by atoms with van der Waals surface area (Å²) < 4.78 is 0.770. The van der Waals surface area contributed by atoms with Crippen molar-refractivity contribution in [2.45, 2.75) is 38.4 Å². The maximum absolute atomic E-state index is 2.31. The molecule has 1 unspecified atom stereocenters. The number of fused-ring (bicyclic) bond motifs is 1. The quantitative estimate of drug-likeness (QED) is 0.629. The van der Waals surface area contributed by atoms with Crippen LogP contribution >= 0.6 is 0 Å². The second-order valence-electron chi connectivity index (χ2n) is 4.24. The summed E-state index contributed by atoms with van der Waals surface area (Å²) in [7, 11) is 0. The van der Waals surface area contributed by atoms with Gasteiger partial charge in [-0.05, 0) is 22.8 Å². The van der Waals surface area contributed by atoms with Crippen LogP contribution in [0.2, 0.25) is 0 Å². The zero-order chi connectivity index (χ0) is 11.3. The predicted octanol–water partition coefficient (Wildman–Crippen LogP) is 3.58. The van der Waals surface area contributed by atoms with Crippen LogP contribution in [0.15, 0.2) is 29.8 Å². The molecule has 15 heavy (non-hydrogen) atoms. The lowest BCUT2D eigenvalue weighted by molar-refractivity contribution is 0.886. The molecule has 0 heterocycles. The second-order valence-corrected chi connectivity index (χ2v) is 5.39. The highest BCUT2D eigenvalue weighted by Crippen LogP contribution is 2.32. The highest BCUT2D eigenvalue weighted by atomic mass is 27.0. The van der Waals surface area contributed by atoms with Crippen molar-refractivity contribution in [1.29, 1.82) is 0 Å². The Balaban J connectivity index is 0.000000245. The van der Waals surface area contributed by atoms with E-state index in [9.17, 15) is 0 Å². The lowest BCUT2D eigenvalue weighted by Crippen LogP contribution is -1.94. The first-order valence-corrected chi connectivity index (χ1v) is 7.13. The van der Waals surface area contributed by atoms with Gasteiger partial charge in [-0.15, -0.1) is 0 Å². The molecule has 80 valence electrons. The normalized spacial score (nSPS) is 17.5. The van der Waals surface area contributed by atoms with Crippen molar-refractivity contribution in [2.24, 2.45) is 0 Å². The highest BCUT2D eigenvalue weighted by molar-refractivity contribution is 6.16. The molecule has 0 saturated heterocycles. The third-order valence-electron chi connectivity index (χ3n) is 3.03. The standard InChI is InChI=1S/C10H9.C4H10.Al.2H/c1-8-6-9-4-2-3-5-10(9)7-8;1-3-4-2;;;/h2-7H,1H3;3-4H2,1-2H3;;;. The van der Waals surface area contributed by atoms with Crippen molar-refractivity contribution in [2.75, 3.05) is 0 Å². The van der Waals surface area contributed by atoms with Gasteiger partial charge in [0.2, 0.25) is 16.3 Å². The molecule has 1 atom stereocenters. The maximum Gasteiger partial charge on any atom is 0.230 e. The van der Waals surface area contributed by atoms with Crippen molar-refractivity contribution < 1.29 is 0 Å². The van der Waals surface area contributed by atoms with Crippen LogP contribution in [-0.2, 0) is 0 Å². The third-order valence-corrected chi connectivity index (χ3v) is 4.56. The Labute approximate surface area is 102 Å². The molecule has 0 amide bonds. The van der Waals surface area contributed by atoms with E-state index in [2.05, 4.69) is 51.1 Å². The van der Waals surface area contributed by atoms with Gasteiger partial charge in [0.05, 0.1) is 0 Å². The molecule has 1 aromatic rings. The fourth-order valence-electron chi connectivity index (χ4n) is 1.65. The summed E-state index contributed by atoms with van der Waals surface area (Å²) in [5.41, 5.74) is 4.51. The fourth-order valence-corrected chi connectivity index (χ4v) is 2.34. The van der Waals surface area contributed by atoms with Crippen molar-refractivity contribution in [3.05, 3.63) is 41.0 Å². The highest BCUT2D eigenvalue weighted by Gasteiger charge is 2.16. The van der Waals surface area contributed by atoms with Crippen molar-refractivity contribution in [3.63, 3.8) is 0 Å². The van der Waals surface area contributed by atoms with Gasteiger partial charge in [0.1, 0.15) is 0 Å². The number of benzene rings is 1. The minimum Gasteiger partial charge on any atom is -0.0793 e. The van der Waals surface area contributed by atoms with Crippen LogP contribution < -0.4 is 0 Å². The van der Waals surface area contributed by atoms with E-state index in [1.165, 1.54) is 45.8 Å². The summed E-state index contributed by atoms with van der Waals surface area (Å²) in [6.45, 7) is 6.59. The predicted molar refractivity (Wildman–Crippen MR) is 72.0 cm³/mol. The van der Waals surface area contributed by atoms with E-state index in [-0.39, 0.29) is 0 Å². The zero-order valence-corrected chi connectivity index (χ0v) is 12.4. The average Bonchev–Trinajstić information content (AvgIpc) is 2.56. The molecule has 0 aromatic heterocycles. The number of rotatable bonds is 1. The monoisotopic (exact) mass is 216 g/mol. The molecule has 0 aliphatic heterocycles. The summed E-state index contributed by atoms with van der Waals surface area (Å²) in [6.07, 6.45) is 4.95. The van der Waals surface area contributed by atoms with Gasteiger partial charge in [-0.25, -0.2) is 0 Å². The zero-order valence-electron chi connectivity index (χ0n) is 10.4. The van der Waals surface area contributed by atoms with Gasteiger partial charge < -0.3 is 0 Å². The molecule has 0 nitrogen and oxygen atoms in total. The van der Waals surface area contributed by atoms with E-state index < -0.39 is 0 Å². The molecule has 0 bridgehead atoms. The van der Waals surface area contributed by atoms with Crippen LogP contribution in [0.25, 0.3) is 6.08 Å². The molecule has 2 rings (SSSR count). The van der Waals surface area contributed by atoms with Crippen molar-refractivity contribution in [3.8, 4) is 0 Å². The number of hydrogen-bond donors (Lipinski definition) is 0. The lowest BCUT2D eigenvalue weighted by Gasteiger charge is -2.05. The summed E-state index contributed by atoms with van der Waals surface area (Å²) in [4.78, 5) is 0. The minimum absolute atomic E-state index is 0.770. The number of unbranched alkanes of at least 4 members (excludes halogenated alkanes) is 1. The average molecular weight is 216 g/mol. The van der Waals surface area contributed by atoms with Gasteiger partial charge in [-0.1, -0.05) is 62.6 Å². The Bertz CT molecular complexity index is 337. The van der Waals surface area contributed by atoms with Crippen LogP contribution in [0.5, 0.6) is 0 Å². The van der Waals surface area contributed by atoms with Crippen LogP contribution in [-0.4, -0.2) is 16.3 Å². The summed E-state index contributed by atoms with van der Waals surface area (Å²) >= 11 is 1.24. The van der Waals surface area contributed by atoms with Crippen molar-refractivity contribution in [1.82, 2.24) is 0 Å². The molecule has 0 saturated carbocycles. The minimum atomic E-state index is 0.770. The SMILES string of the molecule is CC1=Cc2ccccc2[CH]1[AlH2].CCCC. The van der Waals surface area contributed by atoms with Gasteiger partial charge in [0.25, 0.3) is 0 Å². The van der Waals surface area contributed by atoms with Crippen LogP contribution in [0.3, 0.4) is 0 Å². The Hall–Kier alpha value is -0.508. The molecule has 1 aromatic carbocycles. The molecular weight excluding hydrogens is 195 g/mol. The summed E-state index contributed by atoms with van der Waals surface area (Å²) in [5.74, 6) is 0. The summed E-state index contributed by atoms with van der Waals surface area (Å²) in [6, 6.07) is 8.70. The van der Waals surface area contributed by atoms with Gasteiger partial charge in [0.15, 0.2) is 0 Å². The fraction of sp³-hybridized carbons (Fsp3) is 0.429. The van der Waals surface area contributed by atoms with E-state index in [4.69, 9.17) is 0 Å².